The lowest BCUT2D eigenvalue weighted by Gasteiger charge is -2.15. The maximum atomic E-state index is 13.3. The van der Waals surface area contributed by atoms with Gasteiger partial charge in [0.25, 0.3) is 0 Å². The summed E-state index contributed by atoms with van der Waals surface area (Å²) in [4.78, 5) is 0. The zero-order chi connectivity index (χ0) is 14.7. The summed E-state index contributed by atoms with van der Waals surface area (Å²) in [6, 6.07) is 8.72. The van der Waals surface area contributed by atoms with Gasteiger partial charge in [0, 0.05) is 12.2 Å². The van der Waals surface area contributed by atoms with Gasteiger partial charge in [-0.2, -0.15) is 0 Å². The summed E-state index contributed by atoms with van der Waals surface area (Å²) >= 11 is 3.12. The van der Waals surface area contributed by atoms with E-state index in [1.807, 2.05) is 0 Å². The molecule has 0 heterocycles. The first-order valence-electron chi connectivity index (χ1n) is 6.10. The smallest absolute Gasteiger partial charge is 0.137 e. The number of halogens is 3. The van der Waals surface area contributed by atoms with Crippen molar-refractivity contribution >= 4 is 21.6 Å². The van der Waals surface area contributed by atoms with Gasteiger partial charge in [0.1, 0.15) is 11.6 Å². The molecule has 106 valence electrons. The summed E-state index contributed by atoms with van der Waals surface area (Å²) in [6.07, 6.45) is -0.765. The Labute approximate surface area is 124 Å². The standard InChI is InChI=1S/C15H14BrF2NO/c1-9-6-13(18)12(16)7-14(9)19-8-15(20)10-2-4-11(17)5-3-10/h2-7,15,19-20H,8H2,1H3. The molecule has 2 rings (SSSR count). The van der Waals surface area contributed by atoms with Gasteiger partial charge in [0.05, 0.1) is 10.6 Å². The van der Waals surface area contributed by atoms with Crippen LogP contribution in [0.5, 0.6) is 0 Å². The van der Waals surface area contributed by atoms with Gasteiger partial charge in [-0.25, -0.2) is 8.78 Å². The van der Waals surface area contributed by atoms with Crippen molar-refractivity contribution < 1.29 is 13.9 Å². The minimum atomic E-state index is -0.765. The number of benzene rings is 2. The van der Waals surface area contributed by atoms with Gasteiger partial charge < -0.3 is 10.4 Å². The third-order valence-electron chi connectivity index (χ3n) is 3.01. The van der Waals surface area contributed by atoms with Crippen LogP contribution in [0, 0.1) is 18.6 Å². The molecule has 0 saturated heterocycles. The summed E-state index contributed by atoms with van der Waals surface area (Å²) in [5.74, 6) is -0.667. The highest BCUT2D eigenvalue weighted by Gasteiger charge is 2.10. The molecular formula is C15H14BrF2NO. The lowest BCUT2D eigenvalue weighted by molar-refractivity contribution is 0.191. The van der Waals surface area contributed by atoms with E-state index in [-0.39, 0.29) is 18.2 Å². The number of anilines is 1. The second-order valence-corrected chi connectivity index (χ2v) is 5.38. The van der Waals surface area contributed by atoms with Crippen LogP contribution in [0.3, 0.4) is 0 Å². The van der Waals surface area contributed by atoms with Crippen LogP contribution < -0.4 is 5.32 Å². The number of aliphatic hydroxyl groups is 1. The molecule has 0 aliphatic rings. The Kier molecular flexibility index (Phi) is 4.73. The number of aliphatic hydroxyl groups excluding tert-OH is 1. The SMILES string of the molecule is Cc1cc(F)c(Br)cc1NCC(O)c1ccc(F)cc1. The van der Waals surface area contributed by atoms with Crippen molar-refractivity contribution in [2.24, 2.45) is 0 Å². The molecule has 0 aliphatic heterocycles. The fourth-order valence-electron chi connectivity index (χ4n) is 1.85. The van der Waals surface area contributed by atoms with Crippen LogP contribution in [-0.2, 0) is 0 Å². The second-order valence-electron chi connectivity index (χ2n) is 4.53. The van der Waals surface area contributed by atoms with E-state index in [1.165, 1.54) is 30.3 Å². The van der Waals surface area contributed by atoms with Gasteiger partial charge >= 0.3 is 0 Å². The third-order valence-corrected chi connectivity index (χ3v) is 3.62. The number of nitrogens with one attached hydrogen (secondary N) is 1. The van der Waals surface area contributed by atoms with Crippen LogP contribution >= 0.6 is 15.9 Å². The van der Waals surface area contributed by atoms with E-state index in [2.05, 4.69) is 21.2 Å². The molecule has 2 nitrogen and oxygen atoms in total. The third kappa shape index (κ3) is 3.55. The number of rotatable bonds is 4. The molecule has 1 atom stereocenters. The summed E-state index contributed by atoms with van der Waals surface area (Å²) in [6.45, 7) is 2.03. The monoisotopic (exact) mass is 341 g/mol. The number of hydrogen-bond donors (Lipinski definition) is 2. The van der Waals surface area contributed by atoms with Gasteiger partial charge in [-0.05, 0) is 58.2 Å². The van der Waals surface area contributed by atoms with E-state index in [4.69, 9.17) is 0 Å². The molecule has 0 amide bonds. The highest BCUT2D eigenvalue weighted by atomic mass is 79.9. The Morgan fingerprint density at radius 2 is 1.85 bits per heavy atom. The van der Waals surface area contributed by atoms with Crippen molar-refractivity contribution in [3.8, 4) is 0 Å². The summed E-state index contributed by atoms with van der Waals surface area (Å²) in [7, 11) is 0. The molecule has 0 radical (unpaired) electrons. The van der Waals surface area contributed by atoms with Crippen molar-refractivity contribution in [2.45, 2.75) is 13.0 Å². The fourth-order valence-corrected chi connectivity index (χ4v) is 2.19. The molecular weight excluding hydrogens is 328 g/mol. The molecule has 2 aromatic carbocycles. The Morgan fingerprint density at radius 3 is 2.50 bits per heavy atom. The van der Waals surface area contributed by atoms with Crippen molar-refractivity contribution in [1.82, 2.24) is 0 Å². The van der Waals surface area contributed by atoms with E-state index in [1.54, 1.807) is 13.0 Å². The summed E-state index contributed by atoms with van der Waals surface area (Å²) < 4.78 is 26.5. The van der Waals surface area contributed by atoms with Crippen LogP contribution in [0.15, 0.2) is 40.9 Å². The van der Waals surface area contributed by atoms with Crippen LogP contribution in [-0.4, -0.2) is 11.7 Å². The lowest BCUT2D eigenvalue weighted by Crippen LogP contribution is -2.13. The number of aryl methyl sites for hydroxylation is 1. The first-order valence-corrected chi connectivity index (χ1v) is 6.89. The first kappa shape index (κ1) is 14.9. The quantitative estimate of drug-likeness (QED) is 0.874. The average Bonchev–Trinajstić information content (AvgIpc) is 2.42. The van der Waals surface area contributed by atoms with Crippen LogP contribution in [0.4, 0.5) is 14.5 Å². The maximum absolute atomic E-state index is 13.3. The highest BCUT2D eigenvalue weighted by Crippen LogP contribution is 2.25. The Balaban J connectivity index is 2.05. The molecule has 0 aromatic heterocycles. The average molecular weight is 342 g/mol. The lowest BCUT2D eigenvalue weighted by atomic mass is 10.1. The maximum Gasteiger partial charge on any atom is 0.137 e. The summed E-state index contributed by atoms with van der Waals surface area (Å²) in [5.41, 5.74) is 2.11. The van der Waals surface area contributed by atoms with Crippen molar-refractivity contribution in [3.63, 3.8) is 0 Å². The summed E-state index contributed by atoms with van der Waals surface area (Å²) in [5, 5.41) is 13.1. The van der Waals surface area contributed by atoms with Crippen molar-refractivity contribution in [2.75, 3.05) is 11.9 Å². The zero-order valence-corrected chi connectivity index (χ0v) is 12.4. The largest absolute Gasteiger partial charge is 0.387 e. The van der Waals surface area contributed by atoms with Gasteiger partial charge in [-0.3, -0.25) is 0 Å². The number of hydrogen-bond acceptors (Lipinski definition) is 2. The molecule has 2 aromatic rings. The molecule has 0 fully saturated rings. The van der Waals surface area contributed by atoms with E-state index in [0.29, 0.717) is 10.0 Å². The minimum absolute atomic E-state index is 0.255. The van der Waals surface area contributed by atoms with E-state index in [0.717, 1.165) is 11.3 Å². The fraction of sp³-hybridized carbons (Fsp3) is 0.200. The highest BCUT2D eigenvalue weighted by molar-refractivity contribution is 9.10. The molecule has 0 spiro atoms. The van der Waals surface area contributed by atoms with Gasteiger partial charge in [0.15, 0.2) is 0 Å². The van der Waals surface area contributed by atoms with E-state index >= 15 is 0 Å². The molecule has 5 heteroatoms. The molecule has 2 N–H and O–H groups in total. The zero-order valence-electron chi connectivity index (χ0n) is 10.8. The van der Waals surface area contributed by atoms with E-state index in [9.17, 15) is 13.9 Å². The predicted octanol–water partition coefficient (Wildman–Crippen LogP) is 4.18. The minimum Gasteiger partial charge on any atom is -0.387 e. The Morgan fingerprint density at radius 1 is 1.20 bits per heavy atom. The van der Waals surface area contributed by atoms with Crippen LogP contribution in [0.1, 0.15) is 17.2 Å². The Bertz CT molecular complexity index is 602. The normalized spacial score (nSPS) is 12.2. The topological polar surface area (TPSA) is 32.3 Å². The van der Waals surface area contributed by atoms with Gasteiger partial charge in [0.2, 0.25) is 0 Å². The van der Waals surface area contributed by atoms with E-state index < -0.39 is 6.10 Å². The Hall–Kier alpha value is -1.46. The second kappa shape index (κ2) is 6.33. The van der Waals surface area contributed by atoms with Crippen molar-refractivity contribution in [3.05, 3.63) is 63.6 Å². The molecule has 20 heavy (non-hydrogen) atoms. The van der Waals surface area contributed by atoms with Crippen LogP contribution in [0.2, 0.25) is 0 Å². The predicted molar refractivity (Wildman–Crippen MR) is 78.7 cm³/mol. The van der Waals surface area contributed by atoms with Gasteiger partial charge in [-0.15, -0.1) is 0 Å². The van der Waals surface area contributed by atoms with Gasteiger partial charge in [-0.1, -0.05) is 12.1 Å². The molecule has 0 aliphatic carbocycles. The first-order chi connectivity index (χ1) is 9.47. The van der Waals surface area contributed by atoms with Crippen LogP contribution in [0.25, 0.3) is 0 Å². The molecule has 1 unspecified atom stereocenters. The molecule has 0 bridgehead atoms. The molecule has 0 saturated carbocycles. The van der Waals surface area contributed by atoms with Crippen molar-refractivity contribution in [1.29, 1.82) is 0 Å².